The molecule has 0 N–H and O–H groups in total. The van der Waals surface area contributed by atoms with Crippen LogP contribution in [0.25, 0.3) is 0 Å². The van der Waals surface area contributed by atoms with Gasteiger partial charge in [0.25, 0.3) is 0 Å². The van der Waals surface area contributed by atoms with Gasteiger partial charge >= 0.3 is 0 Å². The topological polar surface area (TPSA) is 0 Å². The van der Waals surface area contributed by atoms with Gasteiger partial charge in [-0.3, -0.25) is 0 Å². The largest absolute Gasteiger partial charge is 0.0533 e. The Labute approximate surface area is 304 Å². The first-order valence-corrected chi connectivity index (χ1v) is 24.2. The summed E-state index contributed by atoms with van der Waals surface area (Å²) < 4.78 is 0. The first kappa shape index (κ1) is 33.6. The highest BCUT2D eigenvalue weighted by Gasteiger charge is 2.55. The predicted molar refractivity (Wildman–Crippen MR) is 206 cm³/mol. The van der Waals surface area contributed by atoms with Gasteiger partial charge in [0.1, 0.15) is 0 Å². The lowest BCUT2D eigenvalue weighted by atomic mass is 9.53. The first-order valence-electron chi connectivity index (χ1n) is 24.2. The molecule has 49 heavy (non-hydrogen) atoms. The Morgan fingerprint density at radius 2 is 0.408 bits per heavy atom. The number of hydrogen-bond acceptors (Lipinski definition) is 0. The zero-order valence-corrected chi connectivity index (χ0v) is 32.3. The molecule has 16 unspecified atom stereocenters. The van der Waals surface area contributed by atoms with Gasteiger partial charge in [-0.05, 0) is 196 Å². The maximum atomic E-state index is 1.71. The normalized spacial score (nSPS) is 53.8. The van der Waals surface area contributed by atoms with Gasteiger partial charge in [0, 0.05) is 0 Å². The van der Waals surface area contributed by atoms with Crippen LogP contribution in [0, 0.1) is 107 Å². The van der Waals surface area contributed by atoms with Gasteiger partial charge in [0.05, 0.1) is 0 Å². The minimum atomic E-state index is 1.11. The van der Waals surface area contributed by atoms with Gasteiger partial charge in [0.2, 0.25) is 0 Å². The lowest BCUT2D eigenvalue weighted by Gasteiger charge is -2.52. The molecule has 0 amide bonds. The summed E-state index contributed by atoms with van der Waals surface area (Å²) >= 11 is 0. The average Bonchev–Trinajstić information content (AvgIpc) is 3.53. The zero-order chi connectivity index (χ0) is 32.3. The van der Waals surface area contributed by atoms with E-state index in [0.717, 1.165) is 107 Å². The molecule has 10 aliphatic carbocycles. The summed E-state index contributed by atoms with van der Waals surface area (Å²) in [4.78, 5) is 0. The Kier molecular flexibility index (Phi) is 10.1. The maximum absolute atomic E-state index is 1.71. The van der Waals surface area contributed by atoms with Crippen LogP contribution in [0.5, 0.6) is 0 Å². The lowest BCUT2D eigenvalue weighted by Crippen LogP contribution is -2.43. The fraction of sp³-hybridized carbons (Fsp3) is 1.00. The monoisotopic (exact) mass is 669 g/mol. The third kappa shape index (κ3) is 6.71. The van der Waals surface area contributed by atoms with E-state index in [4.69, 9.17) is 0 Å². The molecule has 16 atom stereocenters. The van der Waals surface area contributed by atoms with Gasteiger partial charge in [-0.25, -0.2) is 0 Å². The summed E-state index contributed by atoms with van der Waals surface area (Å²) in [6.07, 6.45) is 50.2. The van der Waals surface area contributed by atoms with Crippen molar-refractivity contribution in [1.82, 2.24) is 0 Å². The summed E-state index contributed by atoms with van der Waals surface area (Å²) in [7, 11) is 0. The average molecular weight is 669 g/mol. The molecule has 0 spiro atoms. The first-order chi connectivity index (χ1) is 24.2. The molecular weight excluding hydrogens is 589 g/mol. The third-order valence-corrected chi connectivity index (χ3v) is 20.5. The molecule has 0 heteroatoms. The van der Waals surface area contributed by atoms with Crippen molar-refractivity contribution in [1.29, 1.82) is 0 Å². The highest BCUT2D eigenvalue weighted by atomic mass is 14.6. The highest BCUT2D eigenvalue weighted by molar-refractivity contribution is 5.05. The van der Waals surface area contributed by atoms with Crippen LogP contribution < -0.4 is 0 Å². The van der Waals surface area contributed by atoms with E-state index in [9.17, 15) is 0 Å². The molecule has 0 aromatic rings. The fourth-order valence-corrected chi connectivity index (χ4v) is 18.2. The van der Waals surface area contributed by atoms with Crippen molar-refractivity contribution < 1.29 is 0 Å². The second kappa shape index (κ2) is 14.7. The molecule has 0 heterocycles. The van der Waals surface area contributed by atoms with Gasteiger partial charge in [-0.15, -0.1) is 0 Å². The van der Waals surface area contributed by atoms with Crippen LogP contribution in [0.3, 0.4) is 0 Å². The minimum Gasteiger partial charge on any atom is -0.0533 e. The van der Waals surface area contributed by atoms with E-state index in [2.05, 4.69) is 0 Å². The van der Waals surface area contributed by atoms with E-state index in [1.807, 2.05) is 0 Å². The summed E-state index contributed by atoms with van der Waals surface area (Å²) in [5, 5.41) is 0. The smallest absolute Gasteiger partial charge is 0.0349 e. The Bertz CT molecular complexity index is 1040. The highest BCUT2D eigenvalue weighted by Crippen LogP contribution is 2.64. The van der Waals surface area contributed by atoms with Crippen LogP contribution in [0.15, 0.2) is 0 Å². The maximum Gasteiger partial charge on any atom is -0.0349 e. The fourth-order valence-electron chi connectivity index (χ4n) is 18.2. The molecule has 0 radical (unpaired) electrons. The molecule has 0 aromatic carbocycles. The van der Waals surface area contributed by atoms with E-state index in [1.165, 1.54) is 0 Å². The molecular formula is C49H80. The van der Waals surface area contributed by atoms with Crippen molar-refractivity contribution in [3.8, 4) is 0 Å². The summed E-state index contributed by atoms with van der Waals surface area (Å²) in [6.45, 7) is 0. The van der Waals surface area contributed by atoms with E-state index in [1.54, 1.807) is 199 Å². The third-order valence-electron chi connectivity index (χ3n) is 20.5. The van der Waals surface area contributed by atoms with E-state index in [0.29, 0.717) is 0 Å². The molecule has 276 valence electrons. The van der Waals surface area contributed by atoms with Crippen molar-refractivity contribution in [2.75, 3.05) is 0 Å². The van der Waals surface area contributed by atoms with E-state index < -0.39 is 0 Å². The second-order valence-electron chi connectivity index (χ2n) is 22.3. The molecule has 0 nitrogen and oxygen atoms in total. The van der Waals surface area contributed by atoms with Gasteiger partial charge in [0.15, 0.2) is 0 Å². The molecule has 10 fully saturated rings. The van der Waals surface area contributed by atoms with Crippen LogP contribution in [0.1, 0.15) is 199 Å². The summed E-state index contributed by atoms with van der Waals surface area (Å²) in [5.41, 5.74) is 0. The van der Waals surface area contributed by atoms with E-state index in [-0.39, 0.29) is 0 Å². The molecule has 0 bridgehead atoms. The van der Waals surface area contributed by atoms with Crippen molar-refractivity contribution in [2.45, 2.75) is 199 Å². The van der Waals surface area contributed by atoms with Gasteiger partial charge in [-0.2, -0.15) is 0 Å². The number of hydrogen-bond donors (Lipinski definition) is 0. The predicted octanol–water partition coefficient (Wildman–Crippen LogP) is 14.3. The molecule has 0 saturated heterocycles. The van der Waals surface area contributed by atoms with Crippen LogP contribution >= 0.6 is 0 Å². The molecule has 0 aromatic heterocycles. The number of fused-ring (bicyclic) bond motifs is 6. The van der Waals surface area contributed by atoms with Crippen molar-refractivity contribution in [2.24, 2.45) is 107 Å². The SMILES string of the molecule is C1CCC(C2CC(C3CC(C4CCC5CCCCC5C4)CC(C4CCC5CCCCC5C4)C3)CC3C4CC5CCCCC5CC4CC23)CC1. The number of rotatable bonds is 4. The van der Waals surface area contributed by atoms with Crippen molar-refractivity contribution in [3.63, 3.8) is 0 Å². The van der Waals surface area contributed by atoms with Crippen molar-refractivity contribution in [3.05, 3.63) is 0 Å². The van der Waals surface area contributed by atoms with Crippen LogP contribution in [-0.2, 0) is 0 Å². The van der Waals surface area contributed by atoms with Crippen LogP contribution in [0.2, 0.25) is 0 Å². The van der Waals surface area contributed by atoms with Gasteiger partial charge < -0.3 is 0 Å². The van der Waals surface area contributed by atoms with Crippen LogP contribution in [0.4, 0.5) is 0 Å². The Balaban J connectivity index is 0.915. The Hall–Kier alpha value is 0. The molecule has 10 aliphatic rings. The standard InChI is InChI=1S/C49H80/c1-2-12-34(13-3-1)46-29-44(30-48-47-28-38-17-9-8-16-37(38)24-45(47)31-49(46)48)43-26-41(39-20-18-32-10-4-6-14-35(32)22-39)25-42(27-43)40-21-19-33-11-5-7-15-36(33)23-40/h32-49H,1-31H2. The summed E-state index contributed by atoms with van der Waals surface area (Å²) in [6, 6.07) is 0. The Morgan fingerprint density at radius 3 is 0.980 bits per heavy atom. The zero-order valence-electron chi connectivity index (χ0n) is 32.3. The molecule has 10 rings (SSSR count). The Morgan fingerprint density at radius 1 is 0.143 bits per heavy atom. The van der Waals surface area contributed by atoms with Crippen molar-refractivity contribution >= 4 is 0 Å². The van der Waals surface area contributed by atoms with Crippen LogP contribution in [-0.4, -0.2) is 0 Å². The lowest BCUT2D eigenvalue weighted by molar-refractivity contribution is -0.0261. The summed E-state index contributed by atoms with van der Waals surface area (Å²) in [5.74, 6) is 20.3. The molecule has 0 aliphatic heterocycles. The minimum absolute atomic E-state index is 1.11. The van der Waals surface area contributed by atoms with E-state index >= 15 is 0 Å². The quantitative estimate of drug-likeness (QED) is 0.280. The molecule has 10 saturated carbocycles. The van der Waals surface area contributed by atoms with Gasteiger partial charge in [-0.1, -0.05) is 109 Å². The second-order valence-corrected chi connectivity index (χ2v) is 22.3.